The number of hydrogen-bond acceptors (Lipinski definition) is 4. The van der Waals surface area contributed by atoms with Gasteiger partial charge >= 0.3 is 0 Å². The fourth-order valence-corrected chi connectivity index (χ4v) is 2.04. The summed E-state index contributed by atoms with van der Waals surface area (Å²) in [5, 5.41) is 6.96. The maximum Gasteiger partial charge on any atom is 0.240 e. The summed E-state index contributed by atoms with van der Waals surface area (Å²) < 4.78 is 5.15. The Morgan fingerprint density at radius 1 is 0.900 bits per heavy atom. The van der Waals surface area contributed by atoms with E-state index in [1.165, 1.54) is 11.1 Å². The molecule has 0 aliphatic carbocycles. The maximum atomic E-state index is 5.15. The average Bonchev–Trinajstić information content (AvgIpc) is 2.97. The van der Waals surface area contributed by atoms with Crippen molar-refractivity contribution in [1.82, 2.24) is 15.5 Å². The van der Waals surface area contributed by atoms with E-state index in [1.54, 1.807) is 0 Å². The topological polar surface area (TPSA) is 51.0 Å². The molecule has 3 aromatic rings. The summed E-state index contributed by atoms with van der Waals surface area (Å²) >= 11 is 0. The molecule has 0 saturated carbocycles. The summed E-state index contributed by atoms with van der Waals surface area (Å²) in [5.74, 6) is 1.21. The van der Waals surface area contributed by atoms with Crippen molar-refractivity contribution >= 4 is 0 Å². The molecule has 0 unspecified atom stereocenters. The predicted octanol–water partition coefficient (Wildman–Crippen LogP) is 3.12. The molecule has 1 N–H and O–H groups in total. The molecule has 2 aromatic carbocycles. The Balaban J connectivity index is 1.85. The molecule has 0 amide bonds. The zero-order chi connectivity index (χ0) is 13.8. The van der Waals surface area contributed by atoms with Gasteiger partial charge in [-0.2, -0.15) is 4.98 Å². The second-order valence-corrected chi connectivity index (χ2v) is 4.49. The van der Waals surface area contributed by atoms with Crippen molar-refractivity contribution < 1.29 is 4.52 Å². The largest absolute Gasteiger partial charge is 0.338 e. The normalized spacial score (nSPS) is 10.7. The minimum absolute atomic E-state index is 0.578. The van der Waals surface area contributed by atoms with Gasteiger partial charge in [-0.05, 0) is 18.2 Å². The van der Waals surface area contributed by atoms with Crippen molar-refractivity contribution in [2.75, 3.05) is 7.05 Å². The first-order chi connectivity index (χ1) is 9.86. The first-order valence-electron chi connectivity index (χ1n) is 6.50. The molecule has 0 radical (unpaired) electrons. The molecule has 0 aliphatic rings. The number of aromatic nitrogens is 2. The van der Waals surface area contributed by atoms with Gasteiger partial charge in [-0.15, -0.1) is 0 Å². The second-order valence-electron chi connectivity index (χ2n) is 4.49. The van der Waals surface area contributed by atoms with Crippen molar-refractivity contribution in [3.05, 3.63) is 60.5 Å². The summed E-state index contributed by atoms with van der Waals surface area (Å²) in [6.07, 6.45) is 0. The van der Waals surface area contributed by atoms with Crippen LogP contribution in [0.4, 0.5) is 0 Å². The average molecular weight is 265 g/mol. The third-order valence-corrected chi connectivity index (χ3v) is 3.05. The minimum atomic E-state index is 0.578. The standard InChI is InChI=1S/C16H15N3O/c1-17-11-15-18-16(19-20-15)14-9-7-13(8-10-14)12-5-3-2-4-6-12/h2-10,17H,11H2,1H3. The van der Waals surface area contributed by atoms with Crippen LogP contribution in [0.2, 0.25) is 0 Å². The second kappa shape index (κ2) is 5.67. The van der Waals surface area contributed by atoms with E-state index in [0.29, 0.717) is 18.3 Å². The molecule has 100 valence electrons. The summed E-state index contributed by atoms with van der Waals surface area (Å²) in [4.78, 5) is 4.33. The van der Waals surface area contributed by atoms with E-state index >= 15 is 0 Å². The highest BCUT2D eigenvalue weighted by atomic mass is 16.5. The number of rotatable bonds is 4. The SMILES string of the molecule is CNCc1nc(-c2ccc(-c3ccccc3)cc2)no1. The first kappa shape index (κ1) is 12.6. The van der Waals surface area contributed by atoms with Crippen LogP contribution < -0.4 is 5.32 Å². The maximum absolute atomic E-state index is 5.15. The molecule has 20 heavy (non-hydrogen) atoms. The van der Waals surface area contributed by atoms with Crippen LogP contribution in [0.3, 0.4) is 0 Å². The van der Waals surface area contributed by atoms with Crippen LogP contribution in [-0.2, 0) is 6.54 Å². The predicted molar refractivity (Wildman–Crippen MR) is 77.9 cm³/mol. The van der Waals surface area contributed by atoms with E-state index in [0.717, 1.165) is 5.56 Å². The third kappa shape index (κ3) is 2.60. The van der Waals surface area contributed by atoms with Crippen LogP contribution in [0.25, 0.3) is 22.5 Å². The van der Waals surface area contributed by atoms with Gasteiger partial charge in [0.15, 0.2) is 0 Å². The van der Waals surface area contributed by atoms with Gasteiger partial charge in [-0.3, -0.25) is 0 Å². The van der Waals surface area contributed by atoms with E-state index in [2.05, 4.69) is 39.7 Å². The van der Waals surface area contributed by atoms with Crippen LogP contribution in [-0.4, -0.2) is 17.2 Å². The Hall–Kier alpha value is -2.46. The lowest BCUT2D eigenvalue weighted by Gasteiger charge is -2.01. The van der Waals surface area contributed by atoms with Crippen LogP contribution in [0.15, 0.2) is 59.1 Å². The van der Waals surface area contributed by atoms with Crippen LogP contribution in [0.1, 0.15) is 5.89 Å². The Labute approximate surface area is 117 Å². The van der Waals surface area contributed by atoms with Gasteiger partial charge in [0.25, 0.3) is 0 Å². The van der Waals surface area contributed by atoms with Gasteiger partial charge in [0.05, 0.1) is 6.54 Å². The quantitative estimate of drug-likeness (QED) is 0.787. The molecule has 4 heteroatoms. The van der Waals surface area contributed by atoms with Gasteiger partial charge in [0, 0.05) is 5.56 Å². The lowest BCUT2D eigenvalue weighted by atomic mass is 10.0. The number of nitrogens with one attached hydrogen (secondary N) is 1. The number of hydrogen-bond donors (Lipinski definition) is 1. The van der Waals surface area contributed by atoms with Gasteiger partial charge in [-0.1, -0.05) is 59.8 Å². The molecule has 1 aromatic heterocycles. The van der Waals surface area contributed by atoms with Crippen LogP contribution in [0, 0.1) is 0 Å². The van der Waals surface area contributed by atoms with Crippen molar-refractivity contribution in [3.63, 3.8) is 0 Å². The summed E-state index contributed by atoms with van der Waals surface area (Å²) in [6, 6.07) is 18.4. The monoisotopic (exact) mass is 265 g/mol. The van der Waals surface area contributed by atoms with Gasteiger partial charge in [-0.25, -0.2) is 0 Å². The highest BCUT2D eigenvalue weighted by Crippen LogP contribution is 2.23. The van der Waals surface area contributed by atoms with Crippen molar-refractivity contribution in [3.8, 4) is 22.5 Å². The molecule has 0 bridgehead atoms. The summed E-state index contributed by atoms with van der Waals surface area (Å²) in [6.45, 7) is 0.578. The van der Waals surface area contributed by atoms with Crippen LogP contribution >= 0.6 is 0 Å². The smallest absolute Gasteiger partial charge is 0.240 e. The van der Waals surface area contributed by atoms with E-state index in [9.17, 15) is 0 Å². The molecule has 0 saturated heterocycles. The zero-order valence-corrected chi connectivity index (χ0v) is 11.2. The summed E-state index contributed by atoms with van der Waals surface area (Å²) in [5.41, 5.74) is 3.33. The lowest BCUT2D eigenvalue weighted by molar-refractivity contribution is 0.372. The Morgan fingerprint density at radius 2 is 1.55 bits per heavy atom. The van der Waals surface area contributed by atoms with Crippen molar-refractivity contribution in [2.24, 2.45) is 0 Å². The highest BCUT2D eigenvalue weighted by molar-refractivity contribution is 5.67. The molecule has 0 aliphatic heterocycles. The van der Waals surface area contributed by atoms with E-state index in [-0.39, 0.29) is 0 Å². The number of benzene rings is 2. The minimum Gasteiger partial charge on any atom is -0.338 e. The molecular weight excluding hydrogens is 250 g/mol. The molecule has 0 fully saturated rings. The molecule has 0 spiro atoms. The van der Waals surface area contributed by atoms with Gasteiger partial charge in [0.2, 0.25) is 11.7 Å². The molecule has 4 nitrogen and oxygen atoms in total. The highest BCUT2D eigenvalue weighted by Gasteiger charge is 2.07. The summed E-state index contributed by atoms with van der Waals surface area (Å²) in [7, 11) is 1.85. The van der Waals surface area contributed by atoms with Gasteiger partial charge < -0.3 is 9.84 Å². The van der Waals surface area contributed by atoms with Crippen molar-refractivity contribution in [2.45, 2.75) is 6.54 Å². The van der Waals surface area contributed by atoms with E-state index in [4.69, 9.17) is 4.52 Å². The Morgan fingerprint density at radius 3 is 2.25 bits per heavy atom. The fourth-order valence-electron chi connectivity index (χ4n) is 2.04. The third-order valence-electron chi connectivity index (χ3n) is 3.05. The van der Waals surface area contributed by atoms with E-state index < -0.39 is 0 Å². The molecule has 1 heterocycles. The zero-order valence-electron chi connectivity index (χ0n) is 11.2. The first-order valence-corrected chi connectivity index (χ1v) is 6.50. The Kier molecular flexibility index (Phi) is 3.56. The van der Waals surface area contributed by atoms with Gasteiger partial charge in [0.1, 0.15) is 0 Å². The molecular formula is C16H15N3O. The van der Waals surface area contributed by atoms with Crippen molar-refractivity contribution in [1.29, 1.82) is 0 Å². The molecule has 0 atom stereocenters. The number of nitrogens with zero attached hydrogens (tertiary/aromatic N) is 2. The molecule has 3 rings (SSSR count). The van der Waals surface area contributed by atoms with Crippen LogP contribution in [0.5, 0.6) is 0 Å². The van der Waals surface area contributed by atoms with E-state index in [1.807, 2.05) is 37.4 Å². The lowest BCUT2D eigenvalue weighted by Crippen LogP contribution is -2.04. The fraction of sp³-hybridized carbons (Fsp3) is 0.125. The Bertz CT molecular complexity index is 674.